The van der Waals surface area contributed by atoms with Crippen molar-refractivity contribution in [3.8, 4) is 0 Å². The fourth-order valence-corrected chi connectivity index (χ4v) is 3.78. The fraction of sp³-hybridized carbons (Fsp3) is 0.250. The minimum atomic E-state index is -0.932. The number of para-hydroxylation sites is 1. The predicted molar refractivity (Wildman–Crippen MR) is 113 cm³/mol. The van der Waals surface area contributed by atoms with E-state index in [0.717, 1.165) is 22.2 Å². The van der Waals surface area contributed by atoms with Gasteiger partial charge in [-0.2, -0.15) is 0 Å². The molecule has 0 aliphatic carbocycles. The Hall–Kier alpha value is -3.06. The van der Waals surface area contributed by atoms with Crippen molar-refractivity contribution in [2.75, 3.05) is 13.2 Å². The molecule has 0 N–H and O–H groups in total. The summed E-state index contributed by atoms with van der Waals surface area (Å²) >= 11 is 0. The Morgan fingerprint density at radius 3 is 2.50 bits per heavy atom. The molecule has 0 bridgehead atoms. The summed E-state index contributed by atoms with van der Waals surface area (Å²) < 4.78 is 20.5. The van der Waals surface area contributed by atoms with E-state index in [0.29, 0.717) is 26.4 Å². The van der Waals surface area contributed by atoms with Crippen molar-refractivity contribution in [3.05, 3.63) is 96.1 Å². The van der Waals surface area contributed by atoms with Crippen molar-refractivity contribution < 1.29 is 14.2 Å². The van der Waals surface area contributed by atoms with Gasteiger partial charge in [-0.1, -0.05) is 78.0 Å². The number of benzene rings is 3. The first-order valence-corrected chi connectivity index (χ1v) is 10.1. The summed E-state index contributed by atoms with van der Waals surface area (Å²) in [4.78, 5) is 0. The summed E-state index contributed by atoms with van der Waals surface area (Å²) in [5, 5.41) is 8.60. The highest BCUT2D eigenvalue weighted by atomic mass is 16.8. The Balaban J connectivity index is 1.34. The van der Waals surface area contributed by atoms with Gasteiger partial charge in [0, 0.05) is 5.56 Å². The van der Waals surface area contributed by atoms with Crippen LogP contribution in [0.2, 0.25) is 0 Å². The molecule has 0 amide bonds. The monoisotopic (exact) mass is 401 g/mol. The number of hydrogen-bond acceptors (Lipinski definition) is 5. The molecule has 0 spiro atoms. The lowest BCUT2D eigenvalue weighted by Gasteiger charge is -2.28. The quantitative estimate of drug-likeness (QED) is 0.470. The van der Waals surface area contributed by atoms with E-state index in [1.54, 1.807) is 0 Å². The highest BCUT2D eigenvalue weighted by Crippen LogP contribution is 2.36. The third kappa shape index (κ3) is 3.85. The minimum Gasteiger partial charge on any atom is -0.374 e. The largest absolute Gasteiger partial charge is 0.374 e. The second-order valence-corrected chi connectivity index (χ2v) is 7.41. The summed E-state index contributed by atoms with van der Waals surface area (Å²) in [5.41, 5.74) is 3.89. The van der Waals surface area contributed by atoms with Gasteiger partial charge in [-0.25, -0.2) is 4.68 Å². The van der Waals surface area contributed by atoms with Gasteiger partial charge in [-0.3, -0.25) is 0 Å². The van der Waals surface area contributed by atoms with Crippen molar-refractivity contribution in [1.29, 1.82) is 0 Å². The molecule has 6 nitrogen and oxygen atoms in total. The van der Waals surface area contributed by atoms with Gasteiger partial charge >= 0.3 is 0 Å². The maximum absolute atomic E-state index is 6.46. The molecule has 30 heavy (non-hydrogen) atoms. The lowest BCUT2D eigenvalue weighted by atomic mass is 10.1. The van der Waals surface area contributed by atoms with E-state index >= 15 is 0 Å². The summed E-state index contributed by atoms with van der Waals surface area (Å²) in [6, 6.07) is 28.0. The van der Waals surface area contributed by atoms with Crippen LogP contribution in [0, 0.1) is 0 Å². The molecular formula is C24H23N3O3. The third-order valence-corrected chi connectivity index (χ3v) is 5.27. The molecule has 0 radical (unpaired) electrons. The molecule has 4 aromatic rings. The standard InChI is InChI=1S/C24H23N3O3/c1-3-9-19(10-4-1)15-28-16-21-17-29-24(30-21,20-11-5-2-6-12-20)18-27-23-14-8-7-13-22(23)25-26-27/h1-14,21H,15-18H2/t21-,24+/m0/s1. The van der Waals surface area contributed by atoms with Crippen LogP contribution in [0.5, 0.6) is 0 Å². The van der Waals surface area contributed by atoms with Gasteiger partial charge in [0.1, 0.15) is 18.2 Å². The average molecular weight is 401 g/mol. The molecule has 1 saturated heterocycles. The molecule has 0 unspecified atom stereocenters. The number of rotatable bonds is 7. The van der Waals surface area contributed by atoms with Crippen molar-refractivity contribution in [2.24, 2.45) is 0 Å². The number of ether oxygens (including phenoxy) is 3. The Bertz CT molecular complexity index is 1100. The highest BCUT2D eigenvalue weighted by molar-refractivity contribution is 5.73. The van der Waals surface area contributed by atoms with Crippen LogP contribution in [-0.4, -0.2) is 34.3 Å². The first-order chi connectivity index (χ1) is 14.8. The van der Waals surface area contributed by atoms with E-state index < -0.39 is 5.79 Å². The Kier molecular flexibility index (Phi) is 5.27. The van der Waals surface area contributed by atoms with E-state index in [9.17, 15) is 0 Å². The molecule has 2 atom stereocenters. The Morgan fingerprint density at radius 1 is 0.933 bits per heavy atom. The number of hydrogen-bond donors (Lipinski definition) is 0. The van der Waals surface area contributed by atoms with E-state index in [1.165, 1.54) is 0 Å². The first kappa shape index (κ1) is 18.9. The smallest absolute Gasteiger partial charge is 0.215 e. The second kappa shape index (κ2) is 8.36. The predicted octanol–water partition coefficient (Wildman–Crippen LogP) is 3.92. The molecule has 5 rings (SSSR count). The molecule has 6 heteroatoms. The van der Waals surface area contributed by atoms with Crippen molar-refractivity contribution >= 4 is 11.0 Å². The Morgan fingerprint density at radius 2 is 1.67 bits per heavy atom. The highest BCUT2D eigenvalue weighted by Gasteiger charge is 2.44. The molecule has 152 valence electrons. The van der Waals surface area contributed by atoms with Crippen molar-refractivity contribution in [1.82, 2.24) is 15.0 Å². The molecule has 1 aromatic heterocycles. The van der Waals surface area contributed by atoms with Gasteiger partial charge in [-0.05, 0) is 17.7 Å². The summed E-state index contributed by atoms with van der Waals surface area (Å²) in [7, 11) is 0. The minimum absolute atomic E-state index is 0.163. The molecule has 0 saturated carbocycles. The van der Waals surface area contributed by atoms with Crippen molar-refractivity contribution in [3.63, 3.8) is 0 Å². The zero-order valence-corrected chi connectivity index (χ0v) is 16.6. The van der Waals surface area contributed by atoms with E-state index in [1.807, 2.05) is 77.5 Å². The molecular weight excluding hydrogens is 378 g/mol. The number of nitrogens with zero attached hydrogens (tertiary/aromatic N) is 3. The van der Waals surface area contributed by atoms with Gasteiger partial charge in [-0.15, -0.1) is 5.10 Å². The third-order valence-electron chi connectivity index (χ3n) is 5.27. The SMILES string of the molecule is c1ccc(COC[C@H]2CO[C@@](Cn3nnc4ccccc43)(c3ccccc3)O2)cc1. The van der Waals surface area contributed by atoms with E-state index in [4.69, 9.17) is 14.2 Å². The van der Waals surface area contributed by atoms with Gasteiger partial charge in [0.25, 0.3) is 0 Å². The van der Waals surface area contributed by atoms with Crippen LogP contribution < -0.4 is 0 Å². The van der Waals surface area contributed by atoms with Crippen molar-refractivity contribution in [2.45, 2.75) is 25.0 Å². The summed E-state index contributed by atoms with van der Waals surface area (Å²) in [6.45, 7) is 1.87. The first-order valence-electron chi connectivity index (χ1n) is 10.1. The van der Waals surface area contributed by atoms with Crippen LogP contribution in [0.15, 0.2) is 84.9 Å². The van der Waals surface area contributed by atoms with Gasteiger partial charge in [0.05, 0.1) is 25.3 Å². The zero-order chi connectivity index (χ0) is 20.2. The molecule has 1 aliphatic rings. The van der Waals surface area contributed by atoms with Gasteiger partial charge in [0.15, 0.2) is 0 Å². The lowest BCUT2D eigenvalue weighted by molar-refractivity contribution is -0.193. The molecule has 3 aromatic carbocycles. The van der Waals surface area contributed by atoms with Crippen LogP contribution in [-0.2, 0) is 33.1 Å². The lowest BCUT2D eigenvalue weighted by Crippen LogP contribution is -2.34. The maximum Gasteiger partial charge on any atom is 0.215 e. The summed E-state index contributed by atoms with van der Waals surface area (Å²) in [6.07, 6.45) is -0.163. The van der Waals surface area contributed by atoms with Gasteiger partial charge < -0.3 is 14.2 Å². The van der Waals surface area contributed by atoms with Crippen LogP contribution in [0.25, 0.3) is 11.0 Å². The number of fused-ring (bicyclic) bond motifs is 1. The molecule has 2 heterocycles. The van der Waals surface area contributed by atoms with E-state index in [-0.39, 0.29) is 6.10 Å². The van der Waals surface area contributed by atoms with Crippen LogP contribution >= 0.6 is 0 Å². The Labute approximate surface area is 175 Å². The van der Waals surface area contributed by atoms with Crippen LogP contribution in [0.4, 0.5) is 0 Å². The molecule has 1 fully saturated rings. The second-order valence-electron chi connectivity index (χ2n) is 7.41. The molecule has 1 aliphatic heterocycles. The topological polar surface area (TPSA) is 58.4 Å². The van der Waals surface area contributed by atoms with E-state index in [2.05, 4.69) is 22.4 Å². The summed E-state index contributed by atoms with van der Waals surface area (Å²) in [5.74, 6) is -0.932. The average Bonchev–Trinajstić information content (AvgIpc) is 3.41. The normalized spacial score (nSPS) is 21.3. The maximum atomic E-state index is 6.46. The number of aromatic nitrogens is 3. The van der Waals surface area contributed by atoms with Crippen LogP contribution in [0.3, 0.4) is 0 Å². The van der Waals surface area contributed by atoms with Gasteiger partial charge in [0.2, 0.25) is 5.79 Å². The van der Waals surface area contributed by atoms with Crippen LogP contribution in [0.1, 0.15) is 11.1 Å². The zero-order valence-electron chi connectivity index (χ0n) is 16.6. The fourth-order valence-electron chi connectivity index (χ4n) is 3.78.